The van der Waals surface area contributed by atoms with E-state index < -0.39 is 0 Å². The van der Waals surface area contributed by atoms with Crippen molar-refractivity contribution in [3.8, 4) is 12.3 Å². The summed E-state index contributed by atoms with van der Waals surface area (Å²) in [7, 11) is 0. The SMILES string of the molecule is C#CCNC(=O)C(C)NC(c1cccs1)C(C)C. The first-order chi connectivity index (χ1) is 8.56. The Kier molecular flexibility index (Phi) is 5.90. The van der Waals surface area contributed by atoms with E-state index in [1.807, 2.05) is 13.0 Å². The number of thiophene rings is 1. The predicted molar refractivity (Wildman–Crippen MR) is 76.3 cm³/mol. The van der Waals surface area contributed by atoms with Crippen molar-refractivity contribution in [1.29, 1.82) is 0 Å². The Morgan fingerprint density at radius 3 is 2.72 bits per heavy atom. The highest BCUT2D eigenvalue weighted by Crippen LogP contribution is 2.26. The molecule has 0 aliphatic rings. The number of nitrogens with one attached hydrogen (secondary N) is 2. The van der Waals surface area contributed by atoms with Crippen LogP contribution in [0.2, 0.25) is 0 Å². The number of hydrogen-bond donors (Lipinski definition) is 2. The molecule has 2 atom stereocenters. The van der Waals surface area contributed by atoms with Gasteiger partial charge in [0.1, 0.15) is 0 Å². The van der Waals surface area contributed by atoms with Crippen LogP contribution in [0.1, 0.15) is 31.7 Å². The second-order valence-electron chi connectivity index (χ2n) is 4.55. The fourth-order valence-corrected chi connectivity index (χ4v) is 2.67. The van der Waals surface area contributed by atoms with Gasteiger partial charge >= 0.3 is 0 Å². The van der Waals surface area contributed by atoms with Crippen LogP contribution in [-0.4, -0.2) is 18.5 Å². The van der Waals surface area contributed by atoms with Crippen LogP contribution in [0.25, 0.3) is 0 Å². The summed E-state index contributed by atoms with van der Waals surface area (Å²) >= 11 is 1.70. The van der Waals surface area contributed by atoms with Gasteiger partial charge < -0.3 is 5.32 Å². The van der Waals surface area contributed by atoms with Crippen molar-refractivity contribution >= 4 is 17.2 Å². The molecule has 98 valence electrons. The second kappa shape index (κ2) is 7.20. The Bertz CT molecular complexity index is 406. The van der Waals surface area contributed by atoms with Crippen LogP contribution in [0.3, 0.4) is 0 Å². The first-order valence-electron chi connectivity index (χ1n) is 6.07. The van der Waals surface area contributed by atoms with E-state index in [0.29, 0.717) is 5.92 Å². The number of carbonyl (C=O) groups excluding carboxylic acids is 1. The summed E-state index contributed by atoms with van der Waals surface area (Å²) in [4.78, 5) is 13.0. The van der Waals surface area contributed by atoms with E-state index in [1.54, 1.807) is 11.3 Å². The van der Waals surface area contributed by atoms with Gasteiger partial charge in [-0.3, -0.25) is 10.1 Å². The van der Waals surface area contributed by atoms with Gasteiger partial charge in [-0.15, -0.1) is 17.8 Å². The smallest absolute Gasteiger partial charge is 0.237 e. The normalized spacial score (nSPS) is 13.9. The Morgan fingerprint density at radius 2 is 2.22 bits per heavy atom. The molecule has 0 spiro atoms. The molecule has 0 saturated carbocycles. The van der Waals surface area contributed by atoms with Crippen LogP contribution in [0.5, 0.6) is 0 Å². The second-order valence-corrected chi connectivity index (χ2v) is 5.53. The number of hydrogen-bond acceptors (Lipinski definition) is 3. The lowest BCUT2D eigenvalue weighted by molar-refractivity contribution is -0.122. The van der Waals surface area contributed by atoms with E-state index in [4.69, 9.17) is 6.42 Å². The zero-order chi connectivity index (χ0) is 13.5. The summed E-state index contributed by atoms with van der Waals surface area (Å²) < 4.78 is 0. The number of terminal acetylenes is 1. The Balaban J connectivity index is 2.62. The van der Waals surface area contributed by atoms with E-state index in [1.165, 1.54) is 4.88 Å². The third-order valence-corrected chi connectivity index (χ3v) is 3.66. The maximum absolute atomic E-state index is 11.8. The van der Waals surface area contributed by atoms with Crippen molar-refractivity contribution in [1.82, 2.24) is 10.6 Å². The van der Waals surface area contributed by atoms with Gasteiger partial charge in [0.2, 0.25) is 5.91 Å². The van der Waals surface area contributed by atoms with Gasteiger partial charge in [0, 0.05) is 10.9 Å². The van der Waals surface area contributed by atoms with Gasteiger partial charge in [-0.1, -0.05) is 25.8 Å². The summed E-state index contributed by atoms with van der Waals surface area (Å²) in [5, 5.41) is 8.10. The van der Waals surface area contributed by atoms with Crippen molar-refractivity contribution in [3.63, 3.8) is 0 Å². The summed E-state index contributed by atoms with van der Waals surface area (Å²) in [6.45, 7) is 6.41. The maximum atomic E-state index is 11.8. The Hall–Kier alpha value is -1.31. The summed E-state index contributed by atoms with van der Waals surface area (Å²) in [5.41, 5.74) is 0. The van der Waals surface area contributed by atoms with E-state index >= 15 is 0 Å². The third-order valence-electron chi connectivity index (χ3n) is 2.70. The van der Waals surface area contributed by atoms with Gasteiger partial charge in [-0.2, -0.15) is 0 Å². The number of rotatable bonds is 6. The lowest BCUT2D eigenvalue weighted by Gasteiger charge is -2.25. The highest BCUT2D eigenvalue weighted by molar-refractivity contribution is 7.10. The lowest BCUT2D eigenvalue weighted by Crippen LogP contribution is -2.44. The zero-order valence-corrected chi connectivity index (χ0v) is 11.9. The average Bonchev–Trinajstić information content (AvgIpc) is 2.85. The Morgan fingerprint density at radius 1 is 1.50 bits per heavy atom. The van der Waals surface area contributed by atoms with Crippen LogP contribution in [0, 0.1) is 18.3 Å². The molecule has 0 aliphatic heterocycles. The van der Waals surface area contributed by atoms with E-state index in [0.717, 1.165) is 0 Å². The molecular formula is C14H20N2OS. The molecule has 0 bridgehead atoms. The summed E-state index contributed by atoms with van der Waals surface area (Å²) in [5.74, 6) is 2.76. The largest absolute Gasteiger partial charge is 0.344 e. The minimum absolute atomic E-state index is 0.0600. The van der Waals surface area contributed by atoms with Crippen molar-refractivity contribution < 1.29 is 4.79 Å². The highest BCUT2D eigenvalue weighted by Gasteiger charge is 2.21. The molecule has 0 radical (unpaired) electrons. The number of carbonyl (C=O) groups is 1. The quantitative estimate of drug-likeness (QED) is 0.773. The van der Waals surface area contributed by atoms with E-state index in [2.05, 4.69) is 41.8 Å². The summed E-state index contributed by atoms with van der Waals surface area (Å²) in [6.07, 6.45) is 5.12. The molecule has 0 fully saturated rings. The minimum atomic E-state index is -0.257. The van der Waals surface area contributed by atoms with Crippen LogP contribution >= 0.6 is 11.3 Å². The molecule has 1 aromatic heterocycles. The molecule has 2 N–H and O–H groups in total. The molecule has 0 aromatic carbocycles. The van der Waals surface area contributed by atoms with E-state index in [9.17, 15) is 4.79 Å². The monoisotopic (exact) mass is 264 g/mol. The standard InChI is InChI=1S/C14H20N2OS/c1-5-8-15-14(17)11(4)16-13(10(2)3)12-7-6-9-18-12/h1,6-7,9-11,13,16H,8H2,2-4H3,(H,15,17). The third kappa shape index (κ3) is 4.17. The molecule has 18 heavy (non-hydrogen) atoms. The molecule has 4 heteroatoms. The van der Waals surface area contributed by atoms with Crippen molar-refractivity contribution in [2.24, 2.45) is 5.92 Å². The van der Waals surface area contributed by atoms with Gasteiger partial charge in [-0.05, 0) is 24.3 Å². The first kappa shape index (κ1) is 14.7. The molecule has 2 unspecified atom stereocenters. The van der Waals surface area contributed by atoms with Crippen LogP contribution in [0.15, 0.2) is 17.5 Å². The van der Waals surface area contributed by atoms with Crippen LogP contribution in [-0.2, 0) is 4.79 Å². The number of amides is 1. The van der Waals surface area contributed by atoms with Gasteiger partial charge in [0.25, 0.3) is 0 Å². The molecule has 1 aromatic rings. The van der Waals surface area contributed by atoms with Gasteiger partial charge in [0.15, 0.2) is 0 Å². The van der Waals surface area contributed by atoms with Crippen molar-refractivity contribution in [2.75, 3.05) is 6.54 Å². The molecule has 0 saturated heterocycles. The van der Waals surface area contributed by atoms with Gasteiger partial charge in [-0.25, -0.2) is 0 Å². The molecule has 1 rings (SSSR count). The van der Waals surface area contributed by atoms with Crippen molar-refractivity contribution in [2.45, 2.75) is 32.9 Å². The first-order valence-corrected chi connectivity index (χ1v) is 6.94. The van der Waals surface area contributed by atoms with Gasteiger partial charge in [0.05, 0.1) is 12.6 Å². The fraction of sp³-hybridized carbons (Fsp3) is 0.500. The molecular weight excluding hydrogens is 244 g/mol. The van der Waals surface area contributed by atoms with Crippen LogP contribution in [0.4, 0.5) is 0 Å². The minimum Gasteiger partial charge on any atom is -0.344 e. The average molecular weight is 264 g/mol. The molecule has 1 amide bonds. The fourth-order valence-electron chi connectivity index (χ4n) is 1.71. The van der Waals surface area contributed by atoms with Crippen molar-refractivity contribution in [3.05, 3.63) is 22.4 Å². The maximum Gasteiger partial charge on any atom is 0.237 e. The molecule has 3 nitrogen and oxygen atoms in total. The highest BCUT2D eigenvalue weighted by atomic mass is 32.1. The lowest BCUT2D eigenvalue weighted by atomic mass is 10.0. The molecule has 1 heterocycles. The summed E-state index contributed by atoms with van der Waals surface area (Å²) in [6, 6.07) is 4.05. The predicted octanol–water partition coefficient (Wildman–Crippen LogP) is 2.17. The Labute approximate surface area is 113 Å². The topological polar surface area (TPSA) is 41.1 Å². The van der Waals surface area contributed by atoms with Crippen LogP contribution < -0.4 is 10.6 Å². The zero-order valence-electron chi connectivity index (χ0n) is 11.1. The molecule has 0 aliphatic carbocycles. The van der Waals surface area contributed by atoms with E-state index in [-0.39, 0.29) is 24.5 Å².